The third-order valence-electron chi connectivity index (χ3n) is 2.63. The lowest BCUT2D eigenvalue weighted by atomic mass is 10.0. The van der Waals surface area contributed by atoms with Gasteiger partial charge >= 0.3 is 0 Å². The van der Waals surface area contributed by atoms with Crippen LogP contribution in [-0.2, 0) is 6.42 Å². The Kier molecular flexibility index (Phi) is 4.75. The van der Waals surface area contributed by atoms with E-state index in [1.807, 2.05) is 11.4 Å². The minimum absolute atomic E-state index is 0.0990. The highest BCUT2D eigenvalue weighted by molar-refractivity contribution is 9.10. The molecule has 1 atom stereocenters. The van der Waals surface area contributed by atoms with Gasteiger partial charge in [0.15, 0.2) is 0 Å². The maximum absolute atomic E-state index is 13.1. The molecule has 6 heteroatoms. The molecule has 1 aromatic carbocycles. The van der Waals surface area contributed by atoms with E-state index < -0.39 is 5.82 Å². The lowest BCUT2D eigenvalue weighted by molar-refractivity contribution is 0.552. The molecule has 2 aromatic rings. The molecule has 0 saturated carbocycles. The summed E-state index contributed by atoms with van der Waals surface area (Å²) in [7, 11) is 0. The summed E-state index contributed by atoms with van der Waals surface area (Å²) in [6, 6.07) is 6.53. The Morgan fingerprint density at radius 1 is 1.44 bits per heavy atom. The Hall–Kier alpha value is -0.460. The summed E-state index contributed by atoms with van der Waals surface area (Å²) < 4.78 is 14.2. The predicted molar refractivity (Wildman–Crippen MR) is 77.2 cm³/mol. The van der Waals surface area contributed by atoms with Crippen LogP contribution in [0.2, 0.25) is 5.02 Å². The van der Waals surface area contributed by atoms with Gasteiger partial charge in [0.2, 0.25) is 0 Å². The molecule has 0 fully saturated rings. The van der Waals surface area contributed by atoms with Gasteiger partial charge in [0.25, 0.3) is 0 Å². The molecule has 1 heterocycles. The summed E-state index contributed by atoms with van der Waals surface area (Å²) in [5, 5.41) is 2.11. The van der Waals surface area contributed by atoms with Crippen LogP contribution < -0.4 is 11.3 Å². The molecule has 18 heavy (non-hydrogen) atoms. The van der Waals surface area contributed by atoms with Gasteiger partial charge in [0.05, 0.1) is 11.1 Å². The topological polar surface area (TPSA) is 38.0 Å². The van der Waals surface area contributed by atoms with E-state index in [1.165, 1.54) is 10.9 Å². The predicted octanol–water partition coefficient (Wildman–Crippen LogP) is 4.05. The molecule has 0 spiro atoms. The Bertz CT molecular complexity index is 547. The van der Waals surface area contributed by atoms with Gasteiger partial charge in [-0.05, 0) is 45.1 Å². The highest BCUT2D eigenvalue weighted by Crippen LogP contribution is 2.29. The van der Waals surface area contributed by atoms with Crippen LogP contribution in [0.15, 0.2) is 34.1 Å². The van der Waals surface area contributed by atoms with Crippen molar-refractivity contribution >= 4 is 38.9 Å². The molecular formula is C12H11BrClFN2S. The quantitative estimate of drug-likeness (QED) is 0.645. The second kappa shape index (κ2) is 6.12. The smallest absolute Gasteiger partial charge is 0.141 e. The van der Waals surface area contributed by atoms with E-state index in [9.17, 15) is 4.39 Å². The van der Waals surface area contributed by atoms with Crippen LogP contribution in [0.1, 0.15) is 16.5 Å². The third-order valence-corrected chi connectivity index (χ3v) is 4.87. The van der Waals surface area contributed by atoms with Crippen molar-refractivity contribution in [3.63, 3.8) is 0 Å². The zero-order chi connectivity index (χ0) is 13.1. The fraction of sp³-hybridized carbons (Fsp3) is 0.167. The second-order valence-corrected chi connectivity index (χ2v) is 6.05. The molecule has 2 rings (SSSR count). The molecule has 0 bridgehead atoms. The molecule has 2 nitrogen and oxygen atoms in total. The third kappa shape index (κ3) is 3.10. The summed E-state index contributed by atoms with van der Waals surface area (Å²) in [6.07, 6.45) is 0.719. The standard InChI is InChI=1S/C12H11BrClFN2S/c13-8-3-4-18-12(8)6-11(17-16)7-1-2-10(15)9(14)5-7/h1-5,11,17H,6,16H2. The van der Waals surface area contributed by atoms with Crippen molar-refractivity contribution in [2.45, 2.75) is 12.5 Å². The van der Waals surface area contributed by atoms with Crippen molar-refractivity contribution < 1.29 is 4.39 Å². The van der Waals surface area contributed by atoms with E-state index in [2.05, 4.69) is 21.4 Å². The first-order valence-electron chi connectivity index (χ1n) is 5.24. The van der Waals surface area contributed by atoms with Crippen molar-refractivity contribution in [1.82, 2.24) is 5.43 Å². The number of hydrazine groups is 1. The number of benzene rings is 1. The van der Waals surface area contributed by atoms with Gasteiger partial charge in [0, 0.05) is 15.8 Å². The van der Waals surface area contributed by atoms with Crippen LogP contribution in [0.3, 0.4) is 0 Å². The summed E-state index contributed by atoms with van der Waals surface area (Å²) >= 11 is 10.9. The van der Waals surface area contributed by atoms with Crippen molar-refractivity contribution in [3.05, 3.63) is 55.4 Å². The Balaban J connectivity index is 2.23. The molecule has 0 saturated heterocycles. The number of rotatable bonds is 4. The highest BCUT2D eigenvalue weighted by atomic mass is 79.9. The molecule has 0 radical (unpaired) electrons. The molecule has 1 unspecified atom stereocenters. The molecule has 96 valence electrons. The van der Waals surface area contributed by atoms with Gasteiger partial charge in [-0.15, -0.1) is 11.3 Å². The molecule has 0 aliphatic heterocycles. The highest BCUT2D eigenvalue weighted by Gasteiger charge is 2.14. The van der Waals surface area contributed by atoms with Crippen molar-refractivity contribution in [1.29, 1.82) is 0 Å². The van der Waals surface area contributed by atoms with Crippen LogP contribution in [0.4, 0.5) is 4.39 Å². The number of nitrogens with one attached hydrogen (secondary N) is 1. The lowest BCUT2D eigenvalue weighted by Gasteiger charge is -2.16. The summed E-state index contributed by atoms with van der Waals surface area (Å²) in [5.74, 6) is 5.14. The molecule has 1 aromatic heterocycles. The number of thiophene rings is 1. The minimum atomic E-state index is -0.423. The summed E-state index contributed by atoms with van der Waals surface area (Å²) in [5.41, 5.74) is 3.60. The monoisotopic (exact) mass is 348 g/mol. The number of nitrogens with two attached hydrogens (primary N) is 1. The Morgan fingerprint density at radius 2 is 2.22 bits per heavy atom. The van der Waals surface area contributed by atoms with E-state index in [0.29, 0.717) is 0 Å². The maximum atomic E-state index is 13.1. The Labute approximate surface area is 122 Å². The zero-order valence-corrected chi connectivity index (χ0v) is 12.4. The average molecular weight is 350 g/mol. The first kappa shape index (κ1) is 14.0. The maximum Gasteiger partial charge on any atom is 0.141 e. The second-order valence-electron chi connectivity index (χ2n) is 3.79. The van der Waals surface area contributed by atoms with Gasteiger partial charge in [-0.1, -0.05) is 17.7 Å². The number of hydrogen-bond acceptors (Lipinski definition) is 3. The first-order chi connectivity index (χ1) is 8.61. The molecule has 0 amide bonds. The lowest BCUT2D eigenvalue weighted by Crippen LogP contribution is -2.29. The molecule has 0 aliphatic rings. The van der Waals surface area contributed by atoms with E-state index in [-0.39, 0.29) is 11.1 Å². The van der Waals surface area contributed by atoms with Crippen LogP contribution in [0.5, 0.6) is 0 Å². The van der Waals surface area contributed by atoms with Crippen LogP contribution >= 0.6 is 38.9 Å². The van der Waals surface area contributed by atoms with Gasteiger partial charge in [-0.2, -0.15) is 0 Å². The van der Waals surface area contributed by atoms with Crippen molar-refractivity contribution in [2.24, 2.45) is 5.84 Å². The van der Waals surface area contributed by atoms with E-state index in [0.717, 1.165) is 16.5 Å². The Morgan fingerprint density at radius 3 is 2.78 bits per heavy atom. The normalized spacial score (nSPS) is 12.7. The summed E-state index contributed by atoms with van der Waals surface area (Å²) in [6.45, 7) is 0. The van der Waals surface area contributed by atoms with Crippen LogP contribution in [0.25, 0.3) is 0 Å². The minimum Gasteiger partial charge on any atom is -0.271 e. The molecule has 3 N–H and O–H groups in total. The summed E-state index contributed by atoms with van der Waals surface area (Å²) in [4.78, 5) is 1.18. The SMILES string of the molecule is NNC(Cc1sccc1Br)c1ccc(F)c(Cl)c1. The van der Waals surface area contributed by atoms with E-state index >= 15 is 0 Å². The van der Waals surface area contributed by atoms with Crippen molar-refractivity contribution in [2.75, 3.05) is 0 Å². The van der Waals surface area contributed by atoms with Gasteiger partial charge in [0.1, 0.15) is 5.82 Å². The van der Waals surface area contributed by atoms with Gasteiger partial charge in [-0.25, -0.2) is 4.39 Å². The van der Waals surface area contributed by atoms with Gasteiger partial charge < -0.3 is 0 Å². The number of halogens is 3. The zero-order valence-electron chi connectivity index (χ0n) is 9.29. The van der Waals surface area contributed by atoms with Crippen LogP contribution in [0, 0.1) is 5.82 Å². The molecule has 0 aliphatic carbocycles. The first-order valence-corrected chi connectivity index (χ1v) is 7.30. The van der Waals surface area contributed by atoms with Gasteiger partial charge in [-0.3, -0.25) is 11.3 Å². The van der Waals surface area contributed by atoms with Crippen molar-refractivity contribution in [3.8, 4) is 0 Å². The largest absolute Gasteiger partial charge is 0.271 e. The number of hydrogen-bond donors (Lipinski definition) is 2. The average Bonchev–Trinajstić information content (AvgIpc) is 2.75. The van der Waals surface area contributed by atoms with E-state index in [4.69, 9.17) is 17.4 Å². The molecular weight excluding hydrogens is 339 g/mol. The fourth-order valence-corrected chi connectivity index (χ4v) is 3.41. The van der Waals surface area contributed by atoms with Crippen LogP contribution in [-0.4, -0.2) is 0 Å². The fourth-order valence-electron chi connectivity index (χ4n) is 1.66. The van der Waals surface area contributed by atoms with E-state index in [1.54, 1.807) is 23.5 Å².